The molecule has 1 aromatic heterocycles. The van der Waals surface area contributed by atoms with Crippen molar-refractivity contribution in [3.63, 3.8) is 0 Å². The summed E-state index contributed by atoms with van der Waals surface area (Å²) in [5, 5.41) is 3.36. The molecular formula is C15H21N3O. The predicted molar refractivity (Wildman–Crippen MR) is 77.1 cm³/mol. The highest BCUT2D eigenvalue weighted by Gasteiger charge is 2.04. The molecule has 2 rings (SSSR count). The zero-order valence-corrected chi connectivity index (χ0v) is 11.9. The second kappa shape index (κ2) is 5.97. The summed E-state index contributed by atoms with van der Waals surface area (Å²) >= 11 is 0. The molecule has 0 atom stereocenters. The number of imidazole rings is 1. The van der Waals surface area contributed by atoms with E-state index in [0.29, 0.717) is 6.42 Å². The third-order valence-electron chi connectivity index (χ3n) is 3.38. The lowest BCUT2D eigenvalue weighted by molar-refractivity contribution is -0.117. The van der Waals surface area contributed by atoms with Gasteiger partial charge in [0.05, 0.1) is 11.0 Å². The van der Waals surface area contributed by atoms with Crippen molar-refractivity contribution in [2.24, 2.45) is 7.05 Å². The van der Waals surface area contributed by atoms with Crippen LogP contribution >= 0.6 is 0 Å². The molecule has 0 aliphatic rings. The van der Waals surface area contributed by atoms with Crippen LogP contribution in [0.25, 0.3) is 11.0 Å². The summed E-state index contributed by atoms with van der Waals surface area (Å²) in [7, 11) is 2.03. The largest absolute Gasteiger partial charge is 0.331 e. The van der Waals surface area contributed by atoms with E-state index in [0.717, 1.165) is 36.4 Å². The minimum Gasteiger partial charge on any atom is -0.331 e. The van der Waals surface area contributed by atoms with Crippen molar-refractivity contribution in [2.45, 2.75) is 33.2 Å². The van der Waals surface area contributed by atoms with Gasteiger partial charge in [-0.2, -0.15) is 0 Å². The van der Waals surface area contributed by atoms with Gasteiger partial charge in [-0.1, -0.05) is 6.07 Å². The minimum absolute atomic E-state index is 0.257. The molecule has 0 bridgehead atoms. The van der Waals surface area contributed by atoms with Crippen LogP contribution in [0.2, 0.25) is 0 Å². The van der Waals surface area contributed by atoms with Gasteiger partial charge in [0.1, 0.15) is 11.6 Å². The van der Waals surface area contributed by atoms with E-state index in [9.17, 15) is 4.79 Å². The number of carbonyl (C=O) groups excluding carboxylic acids is 1. The Labute approximate surface area is 113 Å². The van der Waals surface area contributed by atoms with Gasteiger partial charge in [0, 0.05) is 20.0 Å². The molecule has 102 valence electrons. The van der Waals surface area contributed by atoms with Crippen LogP contribution in [0.15, 0.2) is 18.2 Å². The molecule has 19 heavy (non-hydrogen) atoms. The van der Waals surface area contributed by atoms with Crippen molar-refractivity contribution in [3.8, 4) is 0 Å². The summed E-state index contributed by atoms with van der Waals surface area (Å²) in [5.41, 5.74) is 3.44. The summed E-state index contributed by atoms with van der Waals surface area (Å²) in [4.78, 5) is 15.4. The number of nitrogens with zero attached hydrogens (tertiary/aromatic N) is 2. The molecular weight excluding hydrogens is 238 g/mol. The number of nitrogens with one attached hydrogen (secondary N) is 1. The van der Waals surface area contributed by atoms with Gasteiger partial charge >= 0.3 is 0 Å². The third-order valence-corrected chi connectivity index (χ3v) is 3.38. The summed E-state index contributed by atoms with van der Waals surface area (Å²) in [6.45, 7) is 5.35. The van der Waals surface area contributed by atoms with Crippen LogP contribution in [0.3, 0.4) is 0 Å². The van der Waals surface area contributed by atoms with Crippen LogP contribution < -0.4 is 5.32 Å². The Kier molecular flexibility index (Phi) is 4.32. The number of aryl methyl sites for hydroxylation is 2. The average molecular weight is 259 g/mol. The van der Waals surface area contributed by atoms with E-state index in [2.05, 4.69) is 33.1 Å². The molecule has 1 N–H and O–H groups in total. The number of hydrogen-bond donors (Lipinski definition) is 1. The van der Waals surface area contributed by atoms with E-state index in [1.54, 1.807) is 6.92 Å². The standard InChI is InChI=1S/C15H21N3O/c1-11(19)5-4-8-16-10-13-6-7-15-14(9-13)17-12(2)18(15)3/h6-7,9,16H,4-5,8,10H2,1-3H3. The van der Waals surface area contributed by atoms with Crippen molar-refractivity contribution >= 4 is 16.8 Å². The normalized spacial score (nSPS) is 11.1. The number of carbonyl (C=O) groups is 1. The fraction of sp³-hybridized carbons (Fsp3) is 0.467. The minimum atomic E-state index is 0.257. The Hall–Kier alpha value is -1.68. The highest BCUT2D eigenvalue weighted by atomic mass is 16.1. The van der Waals surface area contributed by atoms with Crippen molar-refractivity contribution in [3.05, 3.63) is 29.6 Å². The lowest BCUT2D eigenvalue weighted by atomic mass is 10.2. The maximum Gasteiger partial charge on any atom is 0.129 e. The Bertz CT molecular complexity index is 586. The smallest absolute Gasteiger partial charge is 0.129 e. The molecule has 0 unspecified atom stereocenters. The van der Waals surface area contributed by atoms with E-state index in [1.165, 1.54) is 5.56 Å². The van der Waals surface area contributed by atoms with Crippen molar-refractivity contribution in [2.75, 3.05) is 6.54 Å². The molecule has 0 aliphatic carbocycles. The van der Waals surface area contributed by atoms with Gasteiger partial charge < -0.3 is 14.7 Å². The molecule has 0 radical (unpaired) electrons. The van der Waals surface area contributed by atoms with Crippen LogP contribution in [0.5, 0.6) is 0 Å². The van der Waals surface area contributed by atoms with Crippen molar-refractivity contribution in [1.29, 1.82) is 0 Å². The second-order valence-corrected chi connectivity index (χ2v) is 5.02. The summed E-state index contributed by atoms with van der Waals surface area (Å²) in [6.07, 6.45) is 1.56. The van der Waals surface area contributed by atoms with Crippen LogP contribution in [0.4, 0.5) is 0 Å². The van der Waals surface area contributed by atoms with Gasteiger partial charge in [0.25, 0.3) is 0 Å². The first kappa shape index (κ1) is 13.7. The fourth-order valence-electron chi connectivity index (χ4n) is 2.17. The molecule has 1 aromatic carbocycles. The Morgan fingerprint density at radius 3 is 2.95 bits per heavy atom. The molecule has 0 amide bonds. The number of fused-ring (bicyclic) bond motifs is 1. The zero-order valence-electron chi connectivity index (χ0n) is 11.9. The van der Waals surface area contributed by atoms with E-state index < -0.39 is 0 Å². The van der Waals surface area contributed by atoms with E-state index in [1.807, 2.05) is 14.0 Å². The summed E-state index contributed by atoms with van der Waals surface area (Å²) < 4.78 is 2.10. The molecule has 4 heteroatoms. The second-order valence-electron chi connectivity index (χ2n) is 5.02. The van der Waals surface area contributed by atoms with Gasteiger partial charge in [0.15, 0.2) is 0 Å². The Morgan fingerprint density at radius 2 is 2.21 bits per heavy atom. The van der Waals surface area contributed by atoms with Gasteiger partial charge in [-0.3, -0.25) is 0 Å². The lowest BCUT2D eigenvalue weighted by Gasteiger charge is -2.04. The third kappa shape index (κ3) is 3.41. The topological polar surface area (TPSA) is 46.9 Å². The first-order valence-corrected chi connectivity index (χ1v) is 6.70. The number of hydrogen-bond acceptors (Lipinski definition) is 3. The first-order valence-electron chi connectivity index (χ1n) is 6.70. The monoisotopic (exact) mass is 259 g/mol. The molecule has 4 nitrogen and oxygen atoms in total. The number of benzene rings is 1. The Balaban J connectivity index is 1.92. The van der Waals surface area contributed by atoms with Gasteiger partial charge in [-0.25, -0.2) is 4.98 Å². The number of rotatable bonds is 6. The molecule has 1 heterocycles. The van der Waals surface area contributed by atoms with Crippen LogP contribution in [-0.4, -0.2) is 21.9 Å². The van der Waals surface area contributed by atoms with Crippen LogP contribution in [-0.2, 0) is 18.4 Å². The maximum absolute atomic E-state index is 10.8. The molecule has 0 aliphatic heterocycles. The highest BCUT2D eigenvalue weighted by Crippen LogP contribution is 2.16. The molecule has 0 saturated heterocycles. The van der Waals surface area contributed by atoms with E-state index in [-0.39, 0.29) is 5.78 Å². The highest BCUT2D eigenvalue weighted by molar-refractivity contribution is 5.76. The SMILES string of the molecule is CC(=O)CCCNCc1ccc2c(c1)nc(C)n2C. The zero-order chi connectivity index (χ0) is 13.8. The number of aromatic nitrogens is 2. The average Bonchev–Trinajstić information content (AvgIpc) is 2.64. The van der Waals surface area contributed by atoms with Crippen molar-refractivity contribution in [1.82, 2.24) is 14.9 Å². The summed E-state index contributed by atoms with van der Waals surface area (Å²) in [5.74, 6) is 1.29. The lowest BCUT2D eigenvalue weighted by Crippen LogP contribution is -2.15. The molecule has 2 aromatic rings. The number of ketones is 1. The Morgan fingerprint density at radius 1 is 1.42 bits per heavy atom. The number of Topliss-reactive ketones (excluding diaryl/α,β-unsaturated/α-hetero) is 1. The molecule has 0 spiro atoms. The van der Waals surface area contributed by atoms with Crippen LogP contribution in [0.1, 0.15) is 31.2 Å². The maximum atomic E-state index is 10.8. The quantitative estimate of drug-likeness (QED) is 0.810. The van der Waals surface area contributed by atoms with E-state index in [4.69, 9.17) is 0 Å². The fourth-order valence-corrected chi connectivity index (χ4v) is 2.17. The van der Waals surface area contributed by atoms with Crippen molar-refractivity contribution < 1.29 is 4.79 Å². The van der Waals surface area contributed by atoms with Gasteiger partial charge in [0.2, 0.25) is 0 Å². The molecule has 0 saturated carbocycles. The van der Waals surface area contributed by atoms with Gasteiger partial charge in [-0.15, -0.1) is 0 Å². The predicted octanol–water partition coefficient (Wildman–Crippen LogP) is 2.34. The van der Waals surface area contributed by atoms with E-state index >= 15 is 0 Å². The molecule has 0 fully saturated rings. The van der Waals surface area contributed by atoms with Crippen LogP contribution in [0, 0.1) is 6.92 Å². The van der Waals surface area contributed by atoms with Gasteiger partial charge in [-0.05, 0) is 44.5 Å². The summed E-state index contributed by atoms with van der Waals surface area (Å²) in [6, 6.07) is 6.36. The first-order chi connectivity index (χ1) is 9.08.